The summed E-state index contributed by atoms with van der Waals surface area (Å²) in [5.74, 6) is -4.62. The van der Waals surface area contributed by atoms with E-state index in [1.54, 1.807) is 0 Å². The van der Waals surface area contributed by atoms with Gasteiger partial charge in [0, 0.05) is 0 Å². The molecule has 142 valence electrons. The molecule has 4 unspecified atom stereocenters. The number of alkyl halides is 2. The van der Waals surface area contributed by atoms with Crippen molar-refractivity contribution in [3.05, 3.63) is 35.4 Å². The Morgan fingerprint density at radius 3 is 2.44 bits per heavy atom. The number of carbonyl (C=O) groups excluding carboxylic acids is 3. The Labute approximate surface area is 163 Å². The van der Waals surface area contributed by atoms with Gasteiger partial charge in [0.15, 0.2) is 0 Å². The van der Waals surface area contributed by atoms with Gasteiger partial charge in [-0.2, -0.15) is 8.78 Å². The number of benzene rings is 1. The molecular formula is C18H15ClF2N2O3S. The van der Waals surface area contributed by atoms with Crippen molar-refractivity contribution < 1.29 is 23.2 Å². The summed E-state index contributed by atoms with van der Waals surface area (Å²) in [4.78, 5) is 38.6. The first-order chi connectivity index (χ1) is 12.9. The molecule has 5 nitrogen and oxygen atoms in total. The predicted molar refractivity (Wildman–Crippen MR) is 96.4 cm³/mol. The lowest BCUT2D eigenvalue weighted by Crippen LogP contribution is -2.39. The average Bonchev–Trinajstić information content (AvgIpc) is 3.28. The lowest BCUT2D eigenvalue weighted by molar-refractivity contribution is -0.143. The van der Waals surface area contributed by atoms with Crippen LogP contribution in [0.4, 0.5) is 14.5 Å². The molecule has 2 aliphatic carbocycles. The average molecular weight is 413 g/mol. The molecule has 1 aromatic rings. The van der Waals surface area contributed by atoms with Crippen LogP contribution < -0.4 is 5.32 Å². The fourth-order valence-electron chi connectivity index (χ4n) is 4.27. The van der Waals surface area contributed by atoms with Crippen molar-refractivity contribution in [1.82, 2.24) is 4.90 Å². The summed E-state index contributed by atoms with van der Waals surface area (Å²) in [6, 6.07) is 4.41. The number of rotatable bonds is 5. The summed E-state index contributed by atoms with van der Waals surface area (Å²) in [6.45, 7) is -0.435. The number of nitrogens with zero attached hydrogens (tertiary/aromatic N) is 1. The standard InChI is InChI=1S/C18H15ClF2N2O3S/c19-10-2-1-3-11(15(10)27-18(20)21)22-12(24)7-23-16(25)13-8-4-5-9(6-8)14(13)17(23)26/h1-5,8-9,13-14,18H,6-7H2,(H,22,24). The van der Waals surface area contributed by atoms with Gasteiger partial charge >= 0.3 is 0 Å². The molecule has 1 saturated heterocycles. The van der Waals surface area contributed by atoms with Gasteiger partial charge in [-0.25, -0.2) is 0 Å². The molecule has 2 fully saturated rings. The molecule has 2 bridgehead atoms. The van der Waals surface area contributed by atoms with E-state index >= 15 is 0 Å². The maximum Gasteiger partial charge on any atom is 0.289 e. The Balaban J connectivity index is 1.47. The first-order valence-electron chi connectivity index (χ1n) is 8.43. The topological polar surface area (TPSA) is 66.5 Å². The Morgan fingerprint density at radius 2 is 1.85 bits per heavy atom. The van der Waals surface area contributed by atoms with Crippen LogP contribution in [-0.2, 0) is 14.4 Å². The van der Waals surface area contributed by atoms with Crippen LogP contribution >= 0.6 is 23.4 Å². The zero-order valence-corrected chi connectivity index (χ0v) is 15.5. The molecular weight excluding hydrogens is 398 g/mol. The van der Waals surface area contributed by atoms with Gasteiger partial charge in [0.1, 0.15) is 6.54 Å². The summed E-state index contributed by atoms with van der Waals surface area (Å²) in [5.41, 5.74) is 0.124. The highest BCUT2D eigenvalue weighted by Gasteiger charge is 2.59. The van der Waals surface area contributed by atoms with Crippen molar-refractivity contribution in [2.75, 3.05) is 11.9 Å². The molecule has 0 aromatic heterocycles. The molecule has 9 heteroatoms. The van der Waals surface area contributed by atoms with Crippen LogP contribution in [0.5, 0.6) is 0 Å². The van der Waals surface area contributed by atoms with Gasteiger partial charge in [0.25, 0.3) is 5.76 Å². The van der Waals surface area contributed by atoms with E-state index in [1.165, 1.54) is 18.2 Å². The zero-order valence-electron chi connectivity index (χ0n) is 13.9. The minimum absolute atomic E-state index is 0.0423. The third kappa shape index (κ3) is 3.14. The van der Waals surface area contributed by atoms with Crippen LogP contribution in [-0.4, -0.2) is 34.9 Å². The third-order valence-corrected chi connectivity index (χ3v) is 6.59. The van der Waals surface area contributed by atoms with Gasteiger partial charge in [-0.3, -0.25) is 19.3 Å². The molecule has 1 aromatic carbocycles. The summed E-state index contributed by atoms with van der Waals surface area (Å²) in [6.07, 6.45) is 4.75. The number of hydrogen-bond acceptors (Lipinski definition) is 4. The number of fused-ring (bicyclic) bond motifs is 5. The van der Waals surface area contributed by atoms with Crippen LogP contribution in [0.15, 0.2) is 35.2 Å². The molecule has 0 spiro atoms. The van der Waals surface area contributed by atoms with Crippen molar-refractivity contribution in [2.45, 2.75) is 17.1 Å². The van der Waals surface area contributed by atoms with Crippen LogP contribution in [0.3, 0.4) is 0 Å². The second-order valence-corrected chi connectivity index (χ2v) is 8.21. The van der Waals surface area contributed by atoms with Gasteiger partial charge in [0.2, 0.25) is 17.7 Å². The molecule has 3 aliphatic rings. The number of carbonyl (C=O) groups is 3. The molecule has 1 aliphatic heterocycles. The van der Waals surface area contributed by atoms with E-state index in [1.807, 2.05) is 12.2 Å². The van der Waals surface area contributed by atoms with Gasteiger partial charge in [-0.05, 0) is 30.4 Å². The SMILES string of the molecule is O=C(CN1C(=O)C2C3C=CC(C3)C2C1=O)Nc1cccc(Cl)c1SC(F)F. The number of anilines is 1. The number of nitrogens with one attached hydrogen (secondary N) is 1. The van der Waals surface area contributed by atoms with Crippen molar-refractivity contribution in [3.63, 3.8) is 0 Å². The van der Waals surface area contributed by atoms with E-state index in [0.29, 0.717) is 0 Å². The fraction of sp³-hybridized carbons (Fsp3) is 0.389. The number of likely N-dealkylation sites (tertiary alicyclic amines) is 1. The van der Waals surface area contributed by atoms with E-state index in [9.17, 15) is 23.2 Å². The van der Waals surface area contributed by atoms with Crippen molar-refractivity contribution in [2.24, 2.45) is 23.7 Å². The number of amides is 3. The predicted octanol–water partition coefficient (Wildman–Crippen LogP) is 3.40. The molecule has 0 radical (unpaired) electrons. The molecule has 27 heavy (non-hydrogen) atoms. The number of thioether (sulfide) groups is 1. The Bertz CT molecular complexity index is 833. The van der Waals surface area contributed by atoms with Crippen LogP contribution in [0, 0.1) is 23.7 Å². The van der Waals surface area contributed by atoms with E-state index < -0.39 is 18.2 Å². The Hall–Kier alpha value is -1.93. The van der Waals surface area contributed by atoms with E-state index in [2.05, 4.69) is 5.32 Å². The summed E-state index contributed by atoms with van der Waals surface area (Å²) in [5, 5.41) is 2.58. The normalized spacial score (nSPS) is 28.4. The number of allylic oxidation sites excluding steroid dienone is 2. The van der Waals surface area contributed by atoms with Gasteiger partial charge in [0.05, 0.1) is 27.4 Å². The van der Waals surface area contributed by atoms with Crippen LogP contribution in [0.2, 0.25) is 5.02 Å². The van der Waals surface area contributed by atoms with Crippen molar-refractivity contribution >= 4 is 46.8 Å². The fourth-order valence-corrected chi connectivity index (χ4v) is 5.18. The number of halogens is 3. The third-order valence-electron chi connectivity index (χ3n) is 5.31. The minimum atomic E-state index is -2.70. The highest BCUT2D eigenvalue weighted by Crippen LogP contribution is 2.52. The smallest absolute Gasteiger partial charge is 0.289 e. The summed E-state index contributed by atoms with van der Waals surface area (Å²) >= 11 is 6.17. The first-order valence-corrected chi connectivity index (χ1v) is 9.69. The first kappa shape index (κ1) is 18.4. The van der Waals surface area contributed by atoms with Gasteiger partial charge in [-0.15, -0.1) is 0 Å². The molecule has 4 atom stereocenters. The lowest BCUT2D eigenvalue weighted by atomic mass is 9.85. The maximum atomic E-state index is 12.7. The minimum Gasteiger partial charge on any atom is -0.323 e. The highest BCUT2D eigenvalue weighted by atomic mass is 35.5. The van der Waals surface area contributed by atoms with E-state index in [0.717, 1.165) is 11.3 Å². The molecule has 4 rings (SSSR count). The maximum absolute atomic E-state index is 12.7. The molecule has 1 saturated carbocycles. The second-order valence-electron chi connectivity index (χ2n) is 6.81. The highest BCUT2D eigenvalue weighted by molar-refractivity contribution is 7.99. The van der Waals surface area contributed by atoms with E-state index in [4.69, 9.17) is 11.6 Å². The number of imide groups is 1. The zero-order chi connectivity index (χ0) is 19.3. The van der Waals surface area contributed by atoms with Crippen molar-refractivity contribution in [3.8, 4) is 0 Å². The number of hydrogen-bond donors (Lipinski definition) is 1. The molecule has 1 N–H and O–H groups in total. The lowest BCUT2D eigenvalue weighted by Gasteiger charge is -2.18. The van der Waals surface area contributed by atoms with Gasteiger partial charge in [-0.1, -0.05) is 41.6 Å². The van der Waals surface area contributed by atoms with Crippen LogP contribution in [0.1, 0.15) is 6.42 Å². The second kappa shape index (κ2) is 6.91. The summed E-state index contributed by atoms with van der Waals surface area (Å²) < 4.78 is 25.5. The molecule has 3 amide bonds. The van der Waals surface area contributed by atoms with E-state index in [-0.39, 0.29) is 62.9 Å². The van der Waals surface area contributed by atoms with Crippen LogP contribution in [0.25, 0.3) is 0 Å². The van der Waals surface area contributed by atoms with Gasteiger partial charge < -0.3 is 5.32 Å². The van der Waals surface area contributed by atoms with Crippen molar-refractivity contribution in [1.29, 1.82) is 0 Å². The Morgan fingerprint density at radius 1 is 1.22 bits per heavy atom. The quantitative estimate of drug-likeness (QED) is 0.457. The monoisotopic (exact) mass is 412 g/mol. The summed E-state index contributed by atoms with van der Waals surface area (Å²) in [7, 11) is 0. The Kier molecular flexibility index (Phi) is 4.71. The largest absolute Gasteiger partial charge is 0.323 e. The molecule has 1 heterocycles.